The van der Waals surface area contributed by atoms with Gasteiger partial charge in [-0.1, -0.05) is 0 Å². The number of hydrogen-bond donors (Lipinski definition) is 2. The van der Waals surface area contributed by atoms with Gasteiger partial charge in [0.15, 0.2) is 11.5 Å². The highest BCUT2D eigenvalue weighted by atomic mass is 16.5. The molecule has 4 aromatic heterocycles. The van der Waals surface area contributed by atoms with Gasteiger partial charge in [-0.15, -0.1) is 0 Å². The SMILES string of the molecule is COc1ccnc(-c2cc(Nc3cc(NC4CC45CC5)c4cnn(C)c4n3)n(C)n2)n1. The van der Waals surface area contributed by atoms with Crippen LogP contribution in [0.5, 0.6) is 5.88 Å². The van der Waals surface area contributed by atoms with Gasteiger partial charge < -0.3 is 15.4 Å². The summed E-state index contributed by atoms with van der Waals surface area (Å²) in [6.45, 7) is 0. The molecule has 10 nitrogen and oxygen atoms in total. The number of hydrogen-bond acceptors (Lipinski definition) is 8. The molecule has 10 heteroatoms. The fraction of sp³-hybridized carbons (Fsp3) is 0.381. The van der Waals surface area contributed by atoms with Gasteiger partial charge in [0, 0.05) is 44.5 Å². The maximum atomic E-state index is 5.20. The Kier molecular flexibility index (Phi) is 3.74. The quantitative estimate of drug-likeness (QED) is 0.493. The van der Waals surface area contributed by atoms with Gasteiger partial charge in [0.1, 0.15) is 17.3 Å². The Balaban J connectivity index is 1.33. The molecule has 1 spiro atoms. The van der Waals surface area contributed by atoms with Crippen molar-refractivity contribution in [1.29, 1.82) is 0 Å². The maximum absolute atomic E-state index is 5.20. The first-order valence-corrected chi connectivity index (χ1v) is 10.3. The lowest BCUT2D eigenvalue weighted by Gasteiger charge is -2.11. The lowest BCUT2D eigenvalue weighted by molar-refractivity contribution is 0.397. The minimum atomic E-state index is 0.498. The molecule has 0 amide bonds. The van der Waals surface area contributed by atoms with Crippen LogP contribution in [0, 0.1) is 5.41 Å². The fourth-order valence-electron chi connectivity index (χ4n) is 4.15. The van der Waals surface area contributed by atoms with Crippen LogP contribution >= 0.6 is 0 Å². The van der Waals surface area contributed by atoms with Crippen LogP contribution in [0.3, 0.4) is 0 Å². The first-order valence-electron chi connectivity index (χ1n) is 10.3. The van der Waals surface area contributed by atoms with Crippen LogP contribution in [0.1, 0.15) is 19.3 Å². The highest BCUT2D eigenvalue weighted by Gasteiger charge is 2.62. The zero-order chi connectivity index (χ0) is 21.2. The summed E-state index contributed by atoms with van der Waals surface area (Å²) in [4.78, 5) is 13.5. The van der Waals surface area contributed by atoms with E-state index in [1.54, 1.807) is 28.7 Å². The van der Waals surface area contributed by atoms with E-state index in [1.807, 2.05) is 32.4 Å². The van der Waals surface area contributed by atoms with E-state index in [0.717, 1.165) is 28.4 Å². The van der Waals surface area contributed by atoms with Crippen molar-refractivity contribution in [2.75, 3.05) is 17.7 Å². The Bertz CT molecular complexity index is 1300. The molecule has 0 aliphatic heterocycles. The summed E-state index contributed by atoms with van der Waals surface area (Å²) in [6.07, 6.45) is 7.45. The third-order valence-corrected chi connectivity index (χ3v) is 6.32. The van der Waals surface area contributed by atoms with Gasteiger partial charge in [0.25, 0.3) is 0 Å². The number of methoxy groups -OCH3 is 1. The van der Waals surface area contributed by atoms with E-state index < -0.39 is 0 Å². The van der Waals surface area contributed by atoms with Crippen molar-refractivity contribution in [2.45, 2.75) is 25.3 Å². The van der Waals surface area contributed by atoms with E-state index in [2.05, 4.69) is 30.8 Å². The van der Waals surface area contributed by atoms with Crippen LogP contribution < -0.4 is 15.4 Å². The number of nitrogens with one attached hydrogen (secondary N) is 2. The van der Waals surface area contributed by atoms with Gasteiger partial charge in [-0.25, -0.2) is 9.97 Å². The second kappa shape index (κ2) is 6.40. The molecule has 158 valence electrons. The molecule has 2 aliphatic carbocycles. The average Bonchev–Trinajstić information content (AvgIpc) is 3.62. The Morgan fingerprint density at radius 3 is 2.81 bits per heavy atom. The first kappa shape index (κ1) is 18.1. The standard InChI is InChI=1S/C21H23N9O/c1-29-17(9-14(28-29)19-22-7-4-18(27-19)31-3)25-16-8-13(24-15-10-21(15)5-6-21)12-11-23-30(2)20(12)26-16/h4,7-9,11,15H,5-6,10H2,1-3H3,(H2,24,25,26). The molecular formula is C21H23N9O. The highest BCUT2D eigenvalue weighted by molar-refractivity contribution is 5.91. The molecule has 0 radical (unpaired) electrons. The molecular weight excluding hydrogens is 394 g/mol. The number of aryl methyl sites for hydroxylation is 2. The van der Waals surface area contributed by atoms with E-state index in [9.17, 15) is 0 Å². The molecule has 2 aliphatic rings. The predicted octanol–water partition coefficient (Wildman–Crippen LogP) is 2.88. The van der Waals surface area contributed by atoms with Crippen molar-refractivity contribution in [3.8, 4) is 17.4 Å². The molecule has 4 heterocycles. The van der Waals surface area contributed by atoms with Gasteiger partial charge >= 0.3 is 0 Å². The molecule has 1 unspecified atom stereocenters. The normalized spacial score (nSPS) is 18.4. The Labute approximate surface area is 178 Å². The van der Waals surface area contributed by atoms with Crippen LogP contribution in [0.25, 0.3) is 22.6 Å². The molecule has 1 atom stereocenters. The summed E-state index contributed by atoms with van der Waals surface area (Å²) in [5, 5.41) is 17.1. The van der Waals surface area contributed by atoms with Gasteiger partial charge in [-0.3, -0.25) is 9.36 Å². The summed E-state index contributed by atoms with van der Waals surface area (Å²) < 4.78 is 8.74. The summed E-state index contributed by atoms with van der Waals surface area (Å²) in [5.41, 5.74) is 3.10. The summed E-state index contributed by atoms with van der Waals surface area (Å²) in [7, 11) is 5.36. The van der Waals surface area contributed by atoms with E-state index in [0.29, 0.717) is 28.9 Å². The number of ether oxygens (including phenoxy) is 1. The number of aromatic nitrogens is 7. The van der Waals surface area contributed by atoms with Crippen LogP contribution in [-0.2, 0) is 14.1 Å². The third-order valence-electron chi connectivity index (χ3n) is 6.32. The van der Waals surface area contributed by atoms with E-state index >= 15 is 0 Å². The third kappa shape index (κ3) is 3.06. The second-order valence-electron chi connectivity index (χ2n) is 8.41. The molecule has 2 fully saturated rings. The molecule has 0 bridgehead atoms. The number of pyridine rings is 1. The number of anilines is 3. The Morgan fingerprint density at radius 2 is 2.03 bits per heavy atom. The molecule has 2 saturated carbocycles. The lowest BCUT2D eigenvalue weighted by Crippen LogP contribution is -2.07. The fourth-order valence-corrected chi connectivity index (χ4v) is 4.15. The zero-order valence-corrected chi connectivity index (χ0v) is 17.6. The van der Waals surface area contributed by atoms with Crippen molar-refractivity contribution in [1.82, 2.24) is 34.5 Å². The Morgan fingerprint density at radius 1 is 1.16 bits per heavy atom. The monoisotopic (exact) mass is 417 g/mol. The van der Waals surface area contributed by atoms with Crippen LogP contribution in [0.2, 0.25) is 0 Å². The van der Waals surface area contributed by atoms with Gasteiger partial charge in [-0.05, 0) is 24.7 Å². The van der Waals surface area contributed by atoms with Gasteiger partial charge in [0.2, 0.25) is 5.88 Å². The van der Waals surface area contributed by atoms with Gasteiger partial charge in [-0.2, -0.15) is 15.2 Å². The van der Waals surface area contributed by atoms with Crippen molar-refractivity contribution < 1.29 is 4.74 Å². The van der Waals surface area contributed by atoms with Crippen molar-refractivity contribution in [3.05, 3.63) is 30.6 Å². The molecule has 6 rings (SSSR count). The van der Waals surface area contributed by atoms with Crippen LogP contribution in [-0.4, -0.2) is 47.7 Å². The minimum Gasteiger partial charge on any atom is -0.481 e. The summed E-state index contributed by atoms with van der Waals surface area (Å²) in [5.74, 6) is 2.51. The van der Waals surface area contributed by atoms with E-state index in [1.165, 1.54) is 19.3 Å². The van der Waals surface area contributed by atoms with Crippen molar-refractivity contribution >= 4 is 28.4 Å². The van der Waals surface area contributed by atoms with Crippen molar-refractivity contribution in [3.63, 3.8) is 0 Å². The van der Waals surface area contributed by atoms with Crippen LogP contribution in [0.4, 0.5) is 17.3 Å². The highest BCUT2D eigenvalue weighted by Crippen LogP contribution is 2.66. The first-order chi connectivity index (χ1) is 15.0. The number of fused-ring (bicyclic) bond motifs is 1. The molecule has 31 heavy (non-hydrogen) atoms. The topological polar surface area (TPSA) is 108 Å². The Hall–Kier alpha value is -3.69. The summed E-state index contributed by atoms with van der Waals surface area (Å²) in [6, 6.07) is 6.21. The molecule has 4 aromatic rings. The number of nitrogens with zero attached hydrogens (tertiary/aromatic N) is 7. The smallest absolute Gasteiger partial charge is 0.216 e. The molecule has 0 saturated heterocycles. The second-order valence-corrected chi connectivity index (χ2v) is 8.41. The number of rotatable bonds is 6. The predicted molar refractivity (Wildman–Crippen MR) is 116 cm³/mol. The average molecular weight is 417 g/mol. The molecule has 0 aromatic carbocycles. The van der Waals surface area contributed by atoms with E-state index in [4.69, 9.17) is 9.72 Å². The maximum Gasteiger partial charge on any atom is 0.216 e. The van der Waals surface area contributed by atoms with Crippen LogP contribution in [0.15, 0.2) is 30.6 Å². The molecule has 2 N–H and O–H groups in total. The minimum absolute atomic E-state index is 0.498. The lowest BCUT2D eigenvalue weighted by atomic mass is 10.2. The zero-order valence-electron chi connectivity index (χ0n) is 17.6. The van der Waals surface area contributed by atoms with Gasteiger partial charge in [0.05, 0.1) is 24.4 Å². The summed E-state index contributed by atoms with van der Waals surface area (Å²) >= 11 is 0. The van der Waals surface area contributed by atoms with E-state index in [-0.39, 0.29) is 0 Å². The largest absolute Gasteiger partial charge is 0.481 e. The van der Waals surface area contributed by atoms with Crippen molar-refractivity contribution in [2.24, 2.45) is 19.5 Å².